The van der Waals surface area contributed by atoms with Gasteiger partial charge in [0.25, 0.3) is 10.0 Å². The number of anilines is 1. The van der Waals surface area contributed by atoms with Gasteiger partial charge >= 0.3 is 0 Å². The second-order valence-electron chi connectivity index (χ2n) is 4.39. The molecule has 0 aliphatic heterocycles. The van der Waals surface area contributed by atoms with E-state index in [1.807, 2.05) is 13.0 Å². The number of methoxy groups -OCH3 is 1. The summed E-state index contributed by atoms with van der Waals surface area (Å²) in [6.07, 6.45) is 0. The number of sulfonamides is 1. The molecule has 2 aromatic carbocycles. The van der Waals surface area contributed by atoms with Crippen LogP contribution >= 0.6 is 38.5 Å². The van der Waals surface area contributed by atoms with E-state index in [2.05, 4.69) is 43.2 Å². The highest BCUT2D eigenvalue weighted by atomic mass is 127. The van der Waals surface area contributed by atoms with Crippen LogP contribution in [0.5, 0.6) is 5.75 Å². The van der Waals surface area contributed by atoms with Crippen LogP contribution in [0.15, 0.2) is 45.8 Å². The zero-order chi connectivity index (χ0) is 15.6. The molecule has 0 heterocycles. The second-order valence-corrected chi connectivity index (χ2v) is 8.15. The smallest absolute Gasteiger partial charge is 0.262 e. The maximum Gasteiger partial charge on any atom is 0.262 e. The van der Waals surface area contributed by atoms with E-state index in [9.17, 15) is 8.42 Å². The van der Waals surface area contributed by atoms with Gasteiger partial charge in [-0.3, -0.25) is 4.72 Å². The SMILES string of the molecule is COc1c(I)cc(Br)cc1NS(=O)(=O)c1ccc(C)cc1. The van der Waals surface area contributed by atoms with Crippen LogP contribution in [0.2, 0.25) is 0 Å². The monoisotopic (exact) mass is 481 g/mol. The van der Waals surface area contributed by atoms with Crippen LogP contribution in [0.1, 0.15) is 5.56 Å². The van der Waals surface area contributed by atoms with Crippen molar-refractivity contribution in [2.75, 3.05) is 11.8 Å². The zero-order valence-corrected chi connectivity index (χ0v) is 15.9. The Kier molecular flexibility index (Phi) is 5.15. The summed E-state index contributed by atoms with van der Waals surface area (Å²) in [5.41, 5.74) is 1.40. The van der Waals surface area contributed by atoms with E-state index in [-0.39, 0.29) is 4.90 Å². The van der Waals surface area contributed by atoms with Crippen LogP contribution < -0.4 is 9.46 Å². The molecule has 0 fully saturated rings. The first kappa shape index (κ1) is 16.6. The van der Waals surface area contributed by atoms with Gasteiger partial charge in [0.1, 0.15) is 0 Å². The molecule has 0 atom stereocenters. The van der Waals surface area contributed by atoms with Gasteiger partial charge in [-0.05, 0) is 53.8 Å². The second kappa shape index (κ2) is 6.53. The Morgan fingerprint density at radius 3 is 2.38 bits per heavy atom. The molecule has 0 spiro atoms. The van der Waals surface area contributed by atoms with Crippen molar-refractivity contribution >= 4 is 54.2 Å². The van der Waals surface area contributed by atoms with Gasteiger partial charge < -0.3 is 4.74 Å². The molecule has 21 heavy (non-hydrogen) atoms. The van der Waals surface area contributed by atoms with E-state index < -0.39 is 10.0 Å². The number of nitrogens with one attached hydrogen (secondary N) is 1. The first-order valence-corrected chi connectivity index (χ1v) is 9.31. The van der Waals surface area contributed by atoms with Crippen LogP contribution in [0.4, 0.5) is 5.69 Å². The van der Waals surface area contributed by atoms with Crippen LogP contribution in [0.3, 0.4) is 0 Å². The number of benzene rings is 2. The van der Waals surface area contributed by atoms with Crippen molar-refractivity contribution in [3.8, 4) is 5.75 Å². The molecule has 0 saturated heterocycles. The Morgan fingerprint density at radius 2 is 1.81 bits per heavy atom. The lowest BCUT2D eigenvalue weighted by molar-refractivity contribution is 0.414. The highest BCUT2D eigenvalue weighted by Gasteiger charge is 2.18. The van der Waals surface area contributed by atoms with Crippen LogP contribution in [-0.4, -0.2) is 15.5 Å². The molecule has 0 bridgehead atoms. The number of ether oxygens (including phenoxy) is 1. The van der Waals surface area contributed by atoms with Crippen LogP contribution in [-0.2, 0) is 10.0 Å². The number of aryl methyl sites for hydroxylation is 1. The third-order valence-corrected chi connectivity index (χ3v) is 5.43. The summed E-state index contributed by atoms with van der Waals surface area (Å²) in [7, 11) is -2.14. The molecule has 2 aromatic rings. The first-order chi connectivity index (χ1) is 9.83. The van der Waals surface area contributed by atoms with Gasteiger partial charge in [-0.15, -0.1) is 0 Å². The standard InChI is InChI=1S/C14H13BrINO3S/c1-9-3-5-11(6-4-9)21(18,19)17-13-8-10(15)7-12(16)14(13)20-2/h3-8,17H,1-2H3. The van der Waals surface area contributed by atoms with Crippen LogP contribution in [0, 0.1) is 10.5 Å². The minimum atomic E-state index is -3.65. The normalized spacial score (nSPS) is 11.2. The lowest BCUT2D eigenvalue weighted by Gasteiger charge is -2.14. The van der Waals surface area contributed by atoms with Gasteiger partial charge in [-0.2, -0.15) is 0 Å². The maximum absolute atomic E-state index is 12.4. The fourth-order valence-corrected chi connectivity index (χ4v) is 4.55. The lowest BCUT2D eigenvalue weighted by atomic mass is 10.2. The Morgan fingerprint density at radius 1 is 1.19 bits per heavy atom. The van der Waals surface area contributed by atoms with E-state index in [4.69, 9.17) is 4.74 Å². The third kappa shape index (κ3) is 3.89. The molecule has 2 rings (SSSR count). The summed E-state index contributed by atoms with van der Waals surface area (Å²) in [5.74, 6) is 0.495. The van der Waals surface area contributed by atoms with Gasteiger partial charge in [0.2, 0.25) is 0 Å². The van der Waals surface area contributed by atoms with Crippen molar-refractivity contribution in [2.45, 2.75) is 11.8 Å². The summed E-state index contributed by atoms with van der Waals surface area (Å²) >= 11 is 5.45. The fraction of sp³-hybridized carbons (Fsp3) is 0.143. The van der Waals surface area contributed by atoms with E-state index >= 15 is 0 Å². The molecule has 0 saturated carbocycles. The average molecular weight is 482 g/mol. The molecule has 7 heteroatoms. The summed E-state index contributed by atoms with van der Waals surface area (Å²) in [4.78, 5) is 0.213. The molecule has 4 nitrogen and oxygen atoms in total. The average Bonchev–Trinajstić information content (AvgIpc) is 2.38. The molecule has 0 aliphatic carbocycles. The Balaban J connectivity index is 2.43. The third-order valence-electron chi connectivity index (χ3n) is 2.79. The van der Waals surface area contributed by atoms with Crippen molar-refractivity contribution < 1.29 is 13.2 Å². The molecule has 0 radical (unpaired) electrons. The first-order valence-electron chi connectivity index (χ1n) is 5.96. The fourth-order valence-electron chi connectivity index (χ4n) is 1.76. The van der Waals surface area contributed by atoms with E-state index in [0.717, 1.165) is 13.6 Å². The molecule has 0 aromatic heterocycles. The minimum absolute atomic E-state index is 0.213. The maximum atomic E-state index is 12.4. The topological polar surface area (TPSA) is 55.4 Å². The summed E-state index contributed by atoms with van der Waals surface area (Å²) in [6.45, 7) is 1.91. The van der Waals surface area contributed by atoms with E-state index in [1.54, 1.807) is 30.3 Å². The van der Waals surface area contributed by atoms with Gasteiger partial charge in [0.15, 0.2) is 5.75 Å². The highest BCUT2D eigenvalue weighted by Crippen LogP contribution is 2.35. The molecule has 0 amide bonds. The lowest BCUT2D eigenvalue weighted by Crippen LogP contribution is -2.14. The Labute approximate surface area is 146 Å². The summed E-state index contributed by atoms with van der Waals surface area (Å²) in [5, 5.41) is 0. The molecule has 0 aliphatic rings. The molecule has 0 unspecified atom stereocenters. The van der Waals surface area contributed by atoms with Gasteiger partial charge in [0.05, 0.1) is 21.3 Å². The number of rotatable bonds is 4. The number of hydrogen-bond donors (Lipinski definition) is 1. The Bertz CT molecular complexity index is 761. The van der Waals surface area contributed by atoms with Gasteiger partial charge in [-0.25, -0.2) is 8.42 Å². The predicted octanol–water partition coefficient (Wildman–Crippen LogP) is 4.17. The zero-order valence-electron chi connectivity index (χ0n) is 11.4. The quantitative estimate of drug-likeness (QED) is 0.666. The molecular weight excluding hydrogens is 469 g/mol. The highest BCUT2D eigenvalue weighted by molar-refractivity contribution is 14.1. The predicted molar refractivity (Wildman–Crippen MR) is 95.4 cm³/mol. The van der Waals surface area contributed by atoms with E-state index in [0.29, 0.717) is 11.4 Å². The van der Waals surface area contributed by atoms with Crippen molar-refractivity contribution in [3.05, 3.63) is 50.0 Å². The van der Waals surface area contributed by atoms with Crippen LogP contribution in [0.25, 0.3) is 0 Å². The molecule has 112 valence electrons. The van der Waals surface area contributed by atoms with Crippen molar-refractivity contribution in [1.29, 1.82) is 0 Å². The number of hydrogen-bond acceptors (Lipinski definition) is 3. The van der Waals surface area contributed by atoms with E-state index in [1.165, 1.54) is 7.11 Å². The Hall–Kier alpha value is -0.800. The number of halogens is 2. The van der Waals surface area contributed by atoms with Crippen molar-refractivity contribution in [3.63, 3.8) is 0 Å². The van der Waals surface area contributed by atoms with Gasteiger partial charge in [0, 0.05) is 4.47 Å². The summed E-state index contributed by atoms with van der Waals surface area (Å²) < 4.78 is 34.3. The molecular formula is C14H13BrINO3S. The minimum Gasteiger partial charge on any atom is -0.493 e. The summed E-state index contributed by atoms with van der Waals surface area (Å²) in [6, 6.07) is 10.2. The van der Waals surface area contributed by atoms with Crippen molar-refractivity contribution in [2.24, 2.45) is 0 Å². The molecule has 1 N–H and O–H groups in total. The van der Waals surface area contributed by atoms with Crippen molar-refractivity contribution in [1.82, 2.24) is 0 Å². The van der Waals surface area contributed by atoms with Gasteiger partial charge in [-0.1, -0.05) is 33.6 Å². The largest absolute Gasteiger partial charge is 0.493 e.